The number of unbranched alkanes of at least 4 members (excludes halogenated alkanes) is 2. The molecule has 0 amide bonds. The lowest BCUT2D eigenvalue weighted by Gasteiger charge is -2.20. The first-order valence-corrected chi connectivity index (χ1v) is 5.86. The largest absolute Gasteiger partial charge is 0.376 e. The summed E-state index contributed by atoms with van der Waals surface area (Å²) in [5.74, 6) is 0. The van der Waals surface area contributed by atoms with Crippen LogP contribution in [0.15, 0.2) is 30.3 Å². The summed E-state index contributed by atoms with van der Waals surface area (Å²) in [5, 5.41) is 9.47. The van der Waals surface area contributed by atoms with Crippen molar-refractivity contribution in [1.82, 2.24) is 0 Å². The third-order valence-electron chi connectivity index (χ3n) is 2.48. The van der Waals surface area contributed by atoms with Crippen molar-refractivity contribution in [2.45, 2.75) is 38.5 Å². The molecule has 0 bridgehead atoms. The molecule has 90 valence electrons. The Kier molecular flexibility index (Phi) is 6.08. The van der Waals surface area contributed by atoms with Crippen LogP contribution >= 0.6 is 0 Å². The maximum Gasteiger partial charge on any atom is 0.133 e. The van der Waals surface area contributed by atoms with E-state index in [9.17, 15) is 5.11 Å². The van der Waals surface area contributed by atoms with E-state index < -0.39 is 12.3 Å². The zero-order valence-corrected chi connectivity index (χ0v) is 9.80. The van der Waals surface area contributed by atoms with E-state index in [1.165, 1.54) is 0 Å². The van der Waals surface area contributed by atoms with Crippen molar-refractivity contribution in [1.29, 1.82) is 0 Å². The Balaban J connectivity index is 2.49. The van der Waals surface area contributed by atoms with Crippen LogP contribution in [0.5, 0.6) is 0 Å². The predicted molar refractivity (Wildman–Crippen MR) is 64.9 cm³/mol. The van der Waals surface area contributed by atoms with E-state index in [0.29, 0.717) is 6.61 Å². The first-order chi connectivity index (χ1) is 7.75. The van der Waals surface area contributed by atoms with Crippen LogP contribution < -0.4 is 5.73 Å². The van der Waals surface area contributed by atoms with Gasteiger partial charge in [0.25, 0.3) is 0 Å². The highest BCUT2D eigenvalue weighted by Crippen LogP contribution is 2.19. The van der Waals surface area contributed by atoms with Gasteiger partial charge in [0, 0.05) is 6.61 Å². The Bertz CT molecular complexity index is 275. The average Bonchev–Trinajstić information content (AvgIpc) is 2.30. The van der Waals surface area contributed by atoms with Crippen LogP contribution in [0.3, 0.4) is 0 Å². The molecule has 16 heavy (non-hydrogen) atoms. The number of nitrogens with two attached hydrogens (primary N) is 1. The lowest BCUT2D eigenvalue weighted by atomic mass is 10.1. The van der Waals surface area contributed by atoms with Crippen LogP contribution in [0.2, 0.25) is 0 Å². The van der Waals surface area contributed by atoms with Crippen LogP contribution in [0.4, 0.5) is 0 Å². The van der Waals surface area contributed by atoms with Gasteiger partial charge >= 0.3 is 0 Å². The average molecular weight is 223 g/mol. The minimum absolute atomic E-state index is 0.418. The van der Waals surface area contributed by atoms with Gasteiger partial charge < -0.3 is 15.6 Å². The predicted octanol–water partition coefficient (Wildman–Crippen LogP) is 2.21. The number of ether oxygens (including phenoxy) is 1. The molecule has 0 aliphatic heterocycles. The topological polar surface area (TPSA) is 55.5 Å². The fraction of sp³-hybridized carbons (Fsp3) is 0.538. The number of benzene rings is 1. The summed E-state index contributed by atoms with van der Waals surface area (Å²) in [6.07, 6.45) is 1.92. The highest BCUT2D eigenvalue weighted by molar-refractivity contribution is 5.18. The first kappa shape index (κ1) is 13.2. The van der Waals surface area contributed by atoms with E-state index in [1.54, 1.807) is 0 Å². The molecule has 3 N–H and O–H groups in total. The second kappa shape index (κ2) is 7.39. The number of aliphatic hydroxyl groups is 1. The molecule has 0 fully saturated rings. The molecular formula is C13H21NO2. The van der Waals surface area contributed by atoms with E-state index in [4.69, 9.17) is 10.5 Å². The molecule has 3 nitrogen and oxygen atoms in total. The standard InChI is InChI=1S/C13H21NO2/c1-2-3-7-10-16-12(13(14)15)11-8-5-4-6-9-11/h4-6,8-9,12-13,15H,2-3,7,10,14H2,1H3. The molecule has 0 radical (unpaired) electrons. The molecule has 2 unspecified atom stereocenters. The highest BCUT2D eigenvalue weighted by Gasteiger charge is 2.17. The summed E-state index contributed by atoms with van der Waals surface area (Å²) in [6, 6.07) is 9.60. The lowest BCUT2D eigenvalue weighted by molar-refractivity contribution is -0.0377. The van der Waals surface area contributed by atoms with E-state index >= 15 is 0 Å². The molecule has 1 rings (SSSR count). The molecule has 0 aliphatic rings. The van der Waals surface area contributed by atoms with Crippen LogP contribution in [-0.2, 0) is 4.74 Å². The Morgan fingerprint density at radius 2 is 1.94 bits per heavy atom. The molecule has 1 aromatic rings. The van der Waals surface area contributed by atoms with Crippen molar-refractivity contribution in [3.05, 3.63) is 35.9 Å². The monoisotopic (exact) mass is 223 g/mol. The third-order valence-corrected chi connectivity index (χ3v) is 2.48. The van der Waals surface area contributed by atoms with Gasteiger partial charge in [0.15, 0.2) is 0 Å². The van der Waals surface area contributed by atoms with Gasteiger partial charge in [0.1, 0.15) is 12.3 Å². The second-order valence-corrected chi connectivity index (χ2v) is 3.90. The van der Waals surface area contributed by atoms with Gasteiger partial charge in [-0.1, -0.05) is 50.1 Å². The van der Waals surface area contributed by atoms with Crippen molar-refractivity contribution >= 4 is 0 Å². The number of hydrogen-bond donors (Lipinski definition) is 2. The first-order valence-electron chi connectivity index (χ1n) is 5.86. The van der Waals surface area contributed by atoms with Gasteiger partial charge in [0.2, 0.25) is 0 Å². The Morgan fingerprint density at radius 1 is 1.25 bits per heavy atom. The number of aliphatic hydroxyl groups excluding tert-OH is 1. The van der Waals surface area contributed by atoms with Crippen molar-refractivity contribution < 1.29 is 9.84 Å². The van der Waals surface area contributed by atoms with Gasteiger partial charge in [0.05, 0.1) is 0 Å². The summed E-state index contributed by atoms with van der Waals surface area (Å²) in [6.45, 7) is 2.79. The van der Waals surface area contributed by atoms with Gasteiger partial charge in [-0.05, 0) is 12.0 Å². The molecule has 1 aromatic carbocycles. The third kappa shape index (κ3) is 4.31. The van der Waals surface area contributed by atoms with Crippen LogP contribution in [0, 0.1) is 0 Å². The molecule has 0 aromatic heterocycles. The van der Waals surface area contributed by atoms with Crippen molar-refractivity contribution in [2.75, 3.05) is 6.61 Å². The maximum absolute atomic E-state index is 9.47. The van der Waals surface area contributed by atoms with E-state index in [-0.39, 0.29) is 0 Å². The Labute approximate surface area is 97.2 Å². The fourth-order valence-corrected chi connectivity index (χ4v) is 1.60. The van der Waals surface area contributed by atoms with E-state index in [2.05, 4.69) is 6.92 Å². The van der Waals surface area contributed by atoms with Gasteiger partial charge in [-0.15, -0.1) is 0 Å². The van der Waals surface area contributed by atoms with E-state index in [0.717, 1.165) is 24.8 Å². The smallest absolute Gasteiger partial charge is 0.133 e. The quantitative estimate of drug-likeness (QED) is 0.550. The Morgan fingerprint density at radius 3 is 2.50 bits per heavy atom. The molecule has 0 saturated heterocycles. The minimum Gasteiger partial charge on any atom is -0.376 e. The zero-order valence-electron chi connectivity index (χ0n) is 9.80. The summed E-state index contributed by atoms with van der Waals surface area (Å²) in [7, 11) is 0. The lowest BCUT2D eigenvalue weighted by Crippen LogP contribution is -2.30. The van der Waals surface area contributed by atoms with Gasteiger partial charge in [-0.3, -0.25) is 0 Å². The molecule has 2 atom stereocenters. The summed E-state index contributed by atoms with van der Waals surface area (Å²) in [5.41, 5.74) is 6.44. The fourth-order valence-electron chi connectivity index (χ4n) is 1.60. The summed E-state index contributed by atoms with van der Waals surface area (Å²) >= 11 is 0. The number of hydrogen-bond acceptors (Lipinski definition) is 3. The summed E-state index contributed by atoms with van der Waals surface area (Å²) in [4.78, 5) is 0. The highest BCUT2D eigenvalue weighted by atomic mass is 16.5. The summed E-state index contributed by atoms with van der Waals surface area (Å²) < 4.78 is 5.62. The number of rotatable bonds is 7. The van der Waals surface area contributed by atoms with Crippen LogP contribution in [0.25, 0.3) is 0 Å². The Hall–Kier alpha value is -0.900. The zero-order chi connectivity index (χ0) is 11.8. The molecule has 0 aliphatic carbocycles. The molecule has 0 heterocycles. The van der Waals surface area contributed by atoms with Crippen molar-refractivity contribution in [3.63, 3.8) is 0 Å². The van der Waals surface area contributed by atoms with Gasteiger partial charge in [-0.2, -0.15) is 0 Å². The minimum atomic E-state index is -0.968. The van der Waals surface area contributed by atoms with E-state index in [1.807, 2.05) is 30.3 Å². The van der Waals surface area contributed by atoms with Crippen LogP contribution in [-0.4, -0.2) is 17.9 Å². The normalized spacial score (nSPS) is 14.7. The van der Waals surface area contributed by atoms with Gasteiger partial charge in [-0.25, -0.2) is 0 Å². The SMILES string of the molecule is CCCCCOC(c1ccccc1)C(N)O. The molecule has 0 saturated carbocycles. The van der Waals surface area contributed by atoms with Crippen molar-refractivity contribution in [2.24, 2.45) is 5.73 Å². The van der Waals surface area contributed by atoms with Crippen molar-refractivity contribution in [3.8, 4) is 0 Å². The molecule has 0 spiro atoms. The molecular weight excluding hydrogens is 202 g/mol. The second-order valence-electron chi connectivity index (χ2n) is 3.90. The van der Waals surface area contributed by atoms with Crippen LogP contribution in [0.1, 0.15) is 37.9 Å². The molecule has 3 heteroatoms. The maximum atomic E-state index is 9.47.